The molecule has 0 atom stereocenters. The summed E-state index contributed by atoms with van der Waals surface area (Å²) in [5, 5.41) is 12.8. The van der Waals surface area contributed by atoms with Gasteiger partial charge in [-0.05, 0) is 24.7 Å². The third-order valence-corrected chi connectivity index (χ3v) is 4.28. The molecule has 1 fully saturated rings. The number of rotatable bonds is 5. The lowest BCUT2D eigenvalue weighted by Crippen LogP contribution is -2.35. The quantitative estimate of drug-likeness (QED) is 0.836. The predicted octanol–water partition coefficient (Wildman–Crippen LogP) is 2.80. The van der Waals surface area contributed by atoms with Gasteiger partial charge in [-0.1, -0.05) is 19.8 Å². The molecule has 0 aromatic carbocycles. The minimum atomic E-state index is 0.182. The second-order valence-electron chi connectivity index (χ2n) is 4.67. The zero-order valence-electron chi connectivity index (χ0n) is 9.33. The Hall–Kier alpha value is -0.410. The van der Waals surface area contributed by atoms with Gasteiger partial charge in [-0.25, -0.2) is 4.98 Å². The molecule has 1 aliphatic rings. The summed E-state index contributed by atoms with van der Waals surface area (Å²) in [4.78, 5) is 4.62. The molecule has 1 aromatic heterocycles. The third kappa shape index (κ3) is 2.40. The van der Waals surface area contributed by atoms with E-state index in [1.165, 1.54) is 30.0 Å². The van der Waals surface area contributed by atoms with Crippen molar-refractivity contribution in [3.63, 3.8) is 0 Å². The fraction of sp³-hybridized carbons (Fsp3) is 0.750. The molecule has 0 saturated heterocycles. The van der Waals surface area contributed by atoms with Crippen molar-refractivity contribution < 1.29 is 5.11 Å². The number of hydrogen-bond acceptors (Lipinski definition) is 3. The molecule has 1 N–H and O–H groups in total. The first-order chi connectivity index (χ1) is 7.28. The van der Waals surface area contributed by atoms with Crippen molar-refractivity contribution in [3.05, 3.63) is 16.1 Å². The summed E-state index contributed by atoms with van der Waals surface area (Å²) in [6.07, 6.45) is 6.85. The summed E-state index contributed by atoms with van der Waals surface area (Å²) in [6, 6.07) is 0. The first-order valence-corrected chi connectivity index (χ1v) is 6.70. The number of aryl methyl sites for hydroxylation is 1. The summed E-state index contributed by atoms with van der Waals surface area (Å²) < 4.78 is 0. The van der Waals surface area contributed by atoms with Gasteiger partial charge in [0, 0.05) is 18.4 Å². The van der Waals surface area contributed by atoms with Crippen molar-refractivity contribution in [2.45, 2.75) is 45.4 Å². The van der Waals surface area contributed by atoms with Gasteiger partial charge in [-0.3, -0.25) is 0 Å². The summed E-state index contributed by atoms with van der Waals surface area (Å²) in [5.74, 6) is 0. The molecule has 3 heteroatoms. The van der Waals surface area contributed by atoms with E-state index >= 15 is 0 Å². The Morgan fingerprint density at radius 1 is 1.53 bits per heavy atom. The summed E-state index contributed by atoms with van der Waals surface area (Å²) in [7, 11) is 0. The van der Waals surface area contributed by atoms with Crippen LogP contribution in [0.1, 0.15) is 43.3 Å². The van der Waals surface area contributed by atoms with Gasteiger partial charge in [0.25, 0.3) is 0 Å². The van der Waals surface area contributed by atoms with E-state index < -0.39 is 0 Å². The number of aliphatic hydroxyl groups is 1. The Labute approximate surface area is 95.4 Å². The highest BCUT2D eigenvalue weighted by molar-refractivity contribution is 7.09. The summed E-state index contributed by atoms with van der Waals surface area (Å²) in [6.45, 7) is 2.51. The van der Waals surface area contributed by atoms with Gasteiger partial charge in [-0.2, -0.15) is 0 Å². The van der Waals surface area contributed by atoms with Crippen LogP contribution in [-0.4, -0.2) is 16.7 Å². The van der Waals surface area contributed by atoms with Crippen LogP contribution < -0.4 is 0 Å². The zero-order valence-corrected chi connectivity index (χ0v) is 10.1. The Kier molecular flexibility index (Phi) is 3.42. The molecular formula is C12H19NOS. The van der Waals surface area contributed by atoms with Crippen molar-refractivity contribution in [1.82, 2.24) is 4.98 Å². The van der Waals surface area contributed by atoms with Gasteiger partial charge in [0.05, 0.1) is 10.7 Å². The monoisotopic (exact) mass is 225 g/mol. The highest BCUT2D eigenvalue weighted by Crippen LogP contribution is 2.43. The van der Waals surface area contributed by atoms with Crippen molar-refractivity contribution >= 4 is 11.3 Å². The summed E-state index contributed by atoms with van der Waals surface area (Å²) in [5.41, 5.74) is 1.41. The molecule has 15 heavy (non-hydrogen) atoms. The average Bonchev–Trinajstić information content (AvgIpc) is 2.60. The fourth-order valence-corrected chi connectivity index (χ4v) is 3.19. The minimum Gasteiger partial charge on any atom is -0.396 e. The lowest BCUT2D eigenvalue weighted by Gasteiger charge is -2.39. The standard InChI is InChI=1S/C12H19NOS/c1-2-4-10-8-15-11(13-10)7-12(9-14)5-3-6-12/h8,14H,2-7,9H2,1H3. The Morgan fingerprint density at radius 2 is 2.33 bits per heavy atom. The van der Waals surface area contributed by atoms with Gasteiger partial charge in [0.1, 0.15) is 0 Å². The van der Waals surface area contributed by atoms with Gasteiger partial charge >= 0.3 is 0 Å². The smallest absolute Gasteiger partial charge is 0.0934 e. The van der Waals surface area contributed by atoms with Crippen LogP contribution in [0.25, 0.3) is 0 Å². The van der Waals surface area contributed by atoms with Gasteiger partial charge in [0.15, 0.2) is 0 Å². The molecule has 1 aromatic rings. The molecule has 0 spiro atoms. The van der Waals surface area contributed by atoms with E-state index in [0.29, 0.717) is 6.61 Å². The van der Waals surface area contributed by atoms with Crippen molar-refractivity contribution in [2.75, 3.05) is 6.61 Å². The number of thiazole rings is 1. The van der Waals surface area contributed by atoms with Crippen LogP contribution >= 0.6 is 11.3 Å². The molecule has 2 rings (SSSR count). The highest BCUT2D eigenvalue weighted by Gasteiger charge is 2.37. The minimum absolute atomic E-state index is 0.182. The number of hydrogen-bond donors (Lipinski definition) is 1. The van der Waals surface area contributed by atoms with E-state index in [0.717, 1.165) is 19.3 Å². The lowest BCUT2D eigenvalue weighted by atomic mass is 9.67. The Bertz CT molecular complexity index is 312. The van der Waals surface area contributed by atoms with E-state index in [2.05, 4.69) is 17.3 Å². The number of aliphatic hydroxyl groups excluding tert-OH is 1. The molecule has 0 aliphatic heterocycles. The topological polar surface area (TPSA) is 33.1 Å². The molecular weight excluding hydrogens is 206 g/mol. The first-order valence-electron chi connectivity index (χ1n) is 5.82. The summed E-state index contributed by atoms with van der Waals surface area (Å²) >= 11 is 1.76. The van der Waals surface area contributed by atoms with Crippen molar-refractivity contribution in [1.29, 1.82) is 0 Å². The van der Waals surface area contributed by atoms with Gasteiger partial charge in [0.2, 0.25) is 0 Å². The predicted molar refractivity (Wildman–Crippen MR) is 63.2 cm³/mol. The largest absolute Gasteiger partial charge is 0.396 e. The zero-order chi connectivity index (χ0) is 10.7. The molecule has 0 bridgehead atoms. The van der Waals surface area contributed by atoms with Crippen LogP contribution in [0, 0.1) is 5.41 Å². The second kappa shape index (κ2) is 4.62. The van der Waals surface area contributed by atoms with Crippen molar-refractivity contribution in [2.24, 2.45) is 5.41 Å². The van der Waals surface area contributed by atoms with Gasteiger partial charge < -0.3 is 5.11 Å². The maximum absolute atomic E-state index is 9.38. The van der Waals surface area contributed by atoms with Crippen LogP contribution in [0.15, 0.2) is 5.38 Å². The molecule has 0 amide bonds. The molecule has 84 valence electrons. The van der Waals surface area contributed by atoms with Crippen LogP contribution in [0.2, 0.25) is 0 Å². The lowest BCUT2D eigenvalue weighted by molar-refractivity contribution is 0.0449. The average molecular weight is 225 g/mol. The molecule has 0 radical (unpaired) electrons. The van der Waals surface area contributed by atoms with E-state index in [-0.39, 0.29) is 5.41 Å². The van der Waals surface area contributed by atoms with E-state index in [1.807, 2.05) is 0 Å². The second-order valence-corrected chi connectivity index (χ2v) is 5.61. The Morgan fingerprint density at radius 3 is 2.87 bits per heavy atom. The third-order valence-electron chi connectivity index (χ3n) is 3.38. The van der Waals surface area contributed by atoms with E-state index in [1.54, 1.807) is 11.3 Å². The Balaban J connectivity index is 1.97. The van der Waals surface area contributed by atoms with Gasteiger partial charge in [-0.15, -0.1) is 11.3 Å². The van der Waals surface area contributed by atoms with Crippen LogP contribution in [0.3, 0.4) is 0 Å². The molecule has 0 unspecified atom stereocenters. The molecule has 2 nitrogen and oxygen atoms in total. The molecule has 1 heterocycles. The molecule has 1 saturated carbocycles. The van der Waals surface area contributed by atoms with Crippen LogP contribution in [0.4, 0.5) is 0 Å². The normalized spacial score (nSPS) is 18.8. The highest BCUT2D eigenvalue weighted by atomic mass is 32.1. The SMILES string of the molecule is CCCc1csc(CC2(CO)CCC2)n1. The van der Waals surface area contributed by atoms with Crippen LogP contribution in [0.5, 0.6) is 0 Å². The maximum atomic E-state index is 9.38. The van der Waals surface area contributed by atoms with E-state index in [9.17, 15) is 5.11 Å². The number of nitrogens with zero attached hydrogens (tertiary/aromatic N) is 1. The van der Waals surface area contributed by atoms with Crippen LogP contribution in [-0.2, 0) is 12.8 Å². The first kappa shape index (κ1) is 11.1. The maximum Gasteiger partial charge on any atom is 0.0934 e. The fourth-order valence-electron chi connectivity index (χ4n) is 2.19. The molecule has 1 aliphatic carbocycles. The number of aromatic nitrogens is 1. The van der Waals surface area contributed by atoms with E-state index in [4.69, 9.17) is 0 Å². The van der Waals surface area contributed by atoms with Crippen molar-refractivity contribution in [3.8, 4) is 0 Å².